The molecule has 7 nitrogen and oxygen atoms in total. The van der Waals surface area contributed by atoms with Crippen molar-refractivity contribution in [1.82, 2.24) is 4.72 Å². The van der Waals surface area contributed by atoms with Crippen molar-refractivity contribution >= 4 is 16.0 Å². The van der Waals surface area contributed by atoms with E-state index in [1.165, 1.54) is 12.1 Å². The number of phenolic OH excluding ortho intramolecular Hbond substituents is 1. The first kappa shape index (κ1) is 17.4. The van der Waals surface area contributed by atoms with E-state index < -0.39 is 22.0 Å². The van der Waals surface area contributed by atoms with Gasteiger partial charge in [-0.3, -0.25) is 4.79 Å². The van der Waals surface area contributed by atoms with E-state index in [9.17, 15) is 13.2 Å². The van der Waals surface area contributed by atoms with Crippen molar-refractivity contribution in [3.05, 3.63) is 29.8 Å². The standard InChI is InChI=1S/C13H19NO6S/c1-2-20-7-8-21(18,19)14-12(13(16)17)9-10-3-5-11(15)6-4-10/h3-6,12,14-15H,2,7-9H2,1H3,(H,16,17)/t12-/m0/s1. The van der Waals surface area contributed by atoms with Crippen molar-refractivity contribution in [2.45, 2.75) is 19.4 Å². The van der Waals surface area contributed by atoms with E-state index >= 15 is 0 Å². The zero-order chi connectivity index (χ0) is 15.9. The Bertz CT molecular complexity index is 555. The minimum atomic E-state index is -3.73. The highest BCUT2D eigenvalue weighted by Gasteiger charge is 2.24. The summed E-state index contributed by atoms with van der Waals surface area (Å²) < 4.78 is 30.6. The predicted molar refractivity (Wildman–Crippen MR) is 76.7 cm³/mol. The van der Waals surface area contributed by atoms with Gasteiger partial charge in [-0.2, -0.15) is 0 Å². The van der Waals surface area contributed by atoms with Gasteiger partial charge in [0.1, 0.15) is 11.8 Å². The number of nitrogens with one attached hydrogen (secondary N) is 1. The number of benzene rings is 1. The first-order valence-electron chi connectivity index (χ1n) is 6.42. The molecular formula is C13H19NO6S. The van der Waals surface area contributed by atoms with Crippen LogP contribution in [0.4, 0.5) is 0 Å². The van der Waals surface area contributed by atoms with Crippen molar-refractivity contribution in [1.29, 1.82) is 0 Å². The van der Waals surface area contributed by atoms with E-state index in [1.54, 1.807) is 19.1 Å². The fourth-order valence-corrected chi connectivity index (χ4v) is 2.71. The Labute approximate surface area is 123 Å². The number of rotatable bonds is 9. The number of carbonyl (C=O) groups is 1. The zero-order valence-corrected chi connectivity index (χ0v) is 12.5. The summed E-state index contributed by atoms with van der Waals surface area (Å²) in [6, 6.07) is 4.65. The second kappa shape index (κ2) is 7.96. The second-order valence-corrected chi connectivity index (χ2v) is 6.27. The molecule has 0 saturated carbocycles. The molecule has 0 unspecified atom stereocenters. The topological polar surface area (TPSA) is 113 Å². The number of hydrogen-bond donors (Lipinski definition) is 3. The van der Waals surface area contributed by atoms with Crippen molar-refractivity contribution in [3.63, 3.8) is 0 Å². The quantitative estimate of drug-likeness (QED) is 0.566. The molecule has 0 spiro atoms. The zero-order valence-electron chi connectivity index (χ0n) is 11.7. The Morgan fingerprint density at radius 1 is 1.33 bits per heavy atom. The lowest BCUT2D eigenvalue weighted by Crippen LogP contribution is -2.43. The number of phenols is 1. The molecule has 0 bridgehead atoms. The molecule has 8 heteroatoms. The number of aliphatic carboxylic acids is 1. The Balaban J connectivity index is 2.69. The van der Waals surface area contributed by atoms with Crippen LogP contribution in [-0.2, 0) is 26.0 Å². The van der Waals surface area contributed by atoms with Crippen LogP contribution < -0.4 is 4.72 Å². The van der Waals surface area contributed by atoms with Gasteiger partial charge in [0.25, 0.3) is 0 Å². The maximum atomic E-state index is 11.8. The fourth-order valence-electron chi connectivity index (χ4n) is 1.64. The number of hydrogen-bond acceptors (Lipinski definition) is 5. The molecule has 0 radical (unpaired) electrons. The van der Waals surface area contributed by atoms with Gasteiger partial charge in [0.15, 0.2) is 0 Å². The third kappa shape index (κ3) is 6.56. The van der Waals surface area contributed by atoms with Crippen molar-refractivity contribution in [2.24, 2.45) is 0 Å². The van der Waals surface area contributed by atoms with Crippen LogP contribution in [0.15, 0.2) is 24.3 Å². The Morgan fingerprint density at radius 3 is 2.48 bits per heavy atom. The van der Waals surface area contributed by atoms with E-state index in [-0.39, 0.29) is 24.5 Å². The average molecular weight is 317 g/mol. The van der Waals surface area contributed by atoms with E-state index in [2.05, 4.69) is 4.72 Å². The molecule has 1 aromatic carbocycles. The summed E-state index contributed by atoms with van der Waals surface area (Å²) in [6.07, 6.45) is -0.0104. The highest BCUT2D eigenvalue weighted by molar-refractivity contribution is 7.89. The molecule has 3 N–H and O–H groups in total. The average Bonchev–Trinajstić information content (AvgIpc) is 2.40. The molecule has 0 aliphatic carbocycles. The fraction of sp³-hybridized carbons (Fsp3) is 0.462. The molecule has 0 heterocycles. The Morgan fingerprint density at radius 2 is 1.95 bits per heavy atom. The predicted octanol–water partition coefficient (Wildman–Crippen LogP) is 0.344. The summed E-state index contributed by atoms with van der Waals surface area (Å²) in [5.74, 6) is -1.49. The van der Waals surface area contributed by atoms with Gasteiger partial charge in [-0.25, -0.2) is 13.1 Å². The third-order valence-electron chi connectivity index (χ3n) is 2.70. The van der Waals surface area contributed by atoms with Gasteiger partial charge in [0.05, 0.1) is 12.4 Å². The van der Waals surface area contributed by atoms with E-state index in [0.717, 1.165) is 0 Å². The molecule has 118 valence electrons. The molecule has 0 saturated heterocycles. The van der Waals surface area contributed by atoms with Crippen molar-refractivity contribution in [2.75, 3.05) is 19.0 Å². The van der Waals surface area contributed by atoms with Crippen LogP contribution in [0, 0.1) is 0 Å². The SMILES string of the molecule is CCOCCS(=O)(=O)N[C@@H](Cc1ccc(O)cc1)C(=O)O. The first-order chi connectivity index (χ1) is 9.84. The van der Waals surface area contributed by atoms with Crippen LogP contribution in [0.25, 0.3) is 0 Å². The third-order valence-corrected chi connectivity index (χ3v) is 4.04. The van der Waals surface area contributed by atoms with Crippen LogP contribution in [0.1, 0.15) is 12.5 Å². The van der Waals surface area contributed by atoms with E-state index in [1.807, 2.05) is 0 Å². The molecular weight excluding hydrogens is 298 g/mol. The highest BCUT2D eigenvalue weighted by atomic mass is 32.2. The smallest absolute Gasteiger partial charge is 0.322 e. The van der Waals surface area contributed by atoms with Crippen LogP contribution >= 0.6 is 0 Å². The molecule has 0 amide bonds. The molecule has 0 aliphatic rings. The van der Waals surface area contributed by atoms with Gasteiger partial charge in [0.2, 0.25) is 10.0 Å². The number of aromatic hydroxyl groups is 1. The number of carboxylic acids is 1. The number of sulfonamides is 1. The van der Waals surface area contributed by atoms with E-state index in [4.69, 9.17) is 14.9 Å². The van der Waals surface area contributed by atoms with Gasteiger partial charge in [-0.15, -0.1) is 0 Å². The normalized spacial score (nSPS) is 13.0. The summed E-state index contributed by atoms with van der Waals surface area (Å²) >= 11 is 0. The second-order valence-electron chi connectivity index (χ2n) is 4.40. The molecule has 0 aromatic heterocycles. The molecule has 1 atom stereocenters. The van der Waals surface area contributed by atoms with Crippen molar-refractivity contribution < 1.29 is 28.2 Å². The molecule has 0 aliphatic heterocycles. The van der Waals surface area contributed by atoms with Gasteiger partial charge in [0, 0.05) is 6.61 Å². The maximum absolute atomic E-state index is 11.8. The van der Waals surface area contributed by atoms with Crippen LogP contribution in [0.5, 0.6) is 5.75 Å². The van der Waals surface area contributed by atoms with Gasteiger partial charge >= 0.3 is 5.97 Å². The lowest BCUT2D eigenvalue weighted by molar-refractivity contribution is -0.138. The Kier molecular flexibility index (Phi) is 6.60. The van der Waals surface area contributed by atoms with Gasteiger partial charge in [-0.1, -0.05) is 12.1 Å². The van der Waals surface area contributed by atoms with Crippen molar-refractivity contribution in [3.8, 4) is 5.75 Å². The number of carboxylic acid groups (broad SMARTS) is 1. The maximum Gasteiger partial charge on any atom is 0.322 e. The molecule has 21 heavy (non-hydrogen) atoms. The Hall–Kier alpha value is -1.64. The molecule has 1 rings (SSSR count). The largest absolute Gasteiger partial charge is 0.508 e. The molecule has 0 fully saturated rings. The van der Waals surface area contributed by atoms with Crippen LogP contribution in [-0.4, -0.2) is 49.6 Å². The van der Waals surface area contributed by atoms with E-state index in [0.29, 0.717) is 12.2 Å². The highest BCUT2D eigenvalue weighted by Crippen LogP contribution is 2.11. The minimum Gasteiger partial charge on any atom is -0.508 e. The lowest BCUT2D eigenvalue weighted by Gasteiger charge is -2.15. The molecule has 1 aromatic rings. The van der Waals surface area contributed by atoms with Crippen LogP contribution in [0.3, 0.4) is 0 Å². The first-order valence-corrected chi connectivity index (χ1v) is 8.07. The summed E-state index contributed by atoms with van der Waals surface area (Å²) in [7, 11) is -3.73. The van der Waals surface area contributed by atoms with Gasteiger partial charge in [-0.05, 0) is 31.0 Å². The summed E-state index contributed by atoms with van der Waals surface area (Å²) in [6.45, 7) is 2.15. The lowest BCUT2D eigenvalue weighted by atomic mass is 10.1. The van der Waals surface area contributed by atoms with Crippen LogP contribution in [0.2, 0.25) is 0 Å². The monoisotopic (exact) mass is 317 g/mol. The van der Waals surface area contributed by atoms with Gasteiger partial charge < -0.3 is 14.9 Å². The summed E-state index contributed by atoms with van der Waals surface area (Å²) in [5.41, 5.74) is 0.604. The summed E-state index contributed by atoms with van der Waals surface area (Å²) in [4.78, 5) is 11.2. The number of ether oxygens (including phenoxy) is 1. The minimum absolute atomic E-state index is 0.0104. The summed E-state index contributed by atoms with van der Waals surface area (Å²) in [5, 5.41) is 18.3.